The van der Waals surface area contributed by atoms with Crippen LogP contribution in [0.15, 0.2) is 36.5 Å². The smallest absolute Gasteiger partial charge is 0.249 e. The van der Waals surface area contributed by atoms with Crippen LogP contribution >= 0.6 is 0 Å². The van der Waals surface area contributed by atoms with Gasteiger partial charge in [-0.1, -0.05) is 204 Å². The fraction of sp³-hybridized carbons (Fsp3) is 0.844. The first-order valence-electron chi connectivity index (χ1n) is 21.8. The van der Waals surface area contributed by atoms with E-state index in [0.29, 0.717) is 6.42 Å². The summed E-state index contributed by atoms with van der Waals surface area (Å²) in [6, 6.07) is -0.798. The van der Waals surface area contributed by atoms with Gasteiger partial charge in [0, 0.05) is 0 Å². The van der Waals surface area contributed by atoms with E-state index in [2.05, 4.69) is 43.5 Å². The number of carbonyl (C=O) groups excluding carboxylic acids is 1. The van der Waals surface area contributed by atoms with Crippen molar-refractivity contribution in [1.82, 2.24) is 5.32 Å². The van der Waals surface area contributed by atoms with E-state index in [-0.39, 0.29) is 6.61 Å². The number of allylic oxidation sites excluding steroid dienone is 5. The molecule has 0 saturated carbocycles. The van der Waals surface area contributed by atoms with E-state index in [0.717, 1.165) is 38.5 Å². The Balaban J connectivity index is 3.66. The lowest BCUT2D eigenvalue weighted by atomic mass is 10.0. The molecule has 0 rings (SSSR count). The lowest BCUT2D eigenvalue weighted by Crippen LogP contribution is -2.48. The molecule has 0 fully saturated rings. The first-order valence-corrected chi connectivity index (χ1v) is 21.8. The Kier molecular flexibility index (Phi) is 39.2. The van der Waals surface area contributed by atoms with Gasteiger partial charge in [0.25, 0.3) is 0 Å². The average Bonchev–Trinajstić information content (AvgIpc) is 3.12. The molecule has 0 aliphatic heterocycles. The molecule has 0 aromatic carbocycles. The molecule has 294 valence electrons. The molecule has 0 spiro atoms. The monoisotopic (exact) mass is 704 g/mol. The van der Waals surface area contributed by atoms with E-state index in [9.17, 15) is 20.1 Å². The molecule has 3 unspecified atom stereocenters. The molecule has 0 saturated heterocycles. The third-order valence-corrected chi connectivity index (χ3v) is 9.98. The van der Waals surface area contributed by atoms with Gasteiger partial charge in [-0.3, -0.25) is 4.79 Å². The SMILES string of the molecule is CCCCCCCCCCC/C=C\C/C=C\CCCCCCCCCCC(O)C(=O)NC(CO)C(O)/C=C/CCCCCCCCCCCC. The Morgan fingerprint density at radius 3 is 1.26 bits per heavy atom. The molecule has 0 radical (unpaired) electrons. The van der Waals surface area contributed by atoms with Gasteiger partial charge in [-0.25, -0.2) is 0 Å². The maximum absolute atomic E-state index is 12.4. The van der Waals surface area contributed by atoms with Gasteiger partial charge in [-0.05, 0) is 51.4 Å². The Morgan fingerprint density at radius 1 is 0.500 bits per heavy atom. The number of hydrogen-bond donors (Lipinski definition) is 4. The van der Waals surface area contributed by atoms with Crippen LogP contribution in [0.25, 0.3) is 0 Å². The lowest BCUT2D eigenvalue weighted by molar-refractivity contribution is -0.131. The van der Waals surface area contributed by atoms with Crippen LogP contribution in [-0.2, 0) is 4.79 Å². The number of hydrogen-bond acceptors (Lipinski definition) is 4. The van der Waals surface area contributed by atoms with Crippen molar-refractivity contribution in [2.45, 2.75) is 238 Å². The molecule has 5 heteroatoms. The van der Waals surface area contributed by atoms with E-state index < -0.39 is 24.2 Å². The number of nitrogens with one attached hydrogen (secondary N) is 1. The number of amides is 1. The van der Waals surface area contributed by atoms with E-state index in [1.165, 1.54) is 161 Å². The molecule has 0 aromatic heterocycles. The predicted molar refractivity (Wildman–Crippen MR) is 218 cm³/mol. The highest BCUT2D eigenvalue weighted by Crippen LogP contribution is 2.14. The highest BCUT2D eigenvalue weighted by Gasteiger charge is 2.22. The first-order chi connectivity index (χ1) is 24.6. The van der Waals surface area contributed by atoms with E-state index in [1.807, 2.05) is 6.08 Å². The third kappa shape index (κ3) is 35.0. The summed E-state index contributed by atoms with van der Waals surface area (Å²) >= 11 is 0. The minimum Gasteiger partial charge on any atom is -0.394 e. The van der Waals surface area contributed by atoms with Gasteiger partial charge in [0.05, 0.1) is 18.8 Å². The van der Waals surface area contributed by atoms with Crippen molar-refractivity contribution in [3.63, 3.8) is 0 Å². The summed E-state index contributed by atoms with van der Waals surface area (Å²) in [5.41, 5.74) is 0. The minimum absolute atomic E-state index is 0.366. The first kappa shape index (κ1) is 48.6. The maximum Gasteiger partial charge on any atom is 0.249 e. The molecule has 1 amide bonds. The van der Waals surface area contributed by atoms with Crippen LogP contribution in [0.3, 0.4) is 0 Å². The van der Waals surface area contributed by atoms with Gasteiger partial charge in [-0.2, -0.15) is 0 Å². The van der Waals surface area contributed by atoms with Gasteiger partial charge in [0.1, 0.15) is 6.10 Å². The fourth-order valence-corrected chi connectivity index (χ4v) is 6.51. The normalized spacial score (nSPS) is 13.9. The second-order valence-corrected chi connectivity index (χ2v) is 14.9. The summed E-state index contributed by atoms with van der Waals surface area (Å²) < 4.78 is 0. The Morgan fingerprint density at radius 2 is 0.860 bits per heavy atom. The van der Waals surface area contributed by atoms with Gasteiger partial charge in [-0.15, -0.1) is 0 Å². The van der Waals surface area contributed by atoms with Crippen LogP contribution in [-0.4, -0.2) is 46.1 Å². The number of rotatable bonds is 39. The summed E-state index contributed by atoms with van der Waals surface area (Å²) in [6.07, 6.45) is 50.3. The number of unbranched alkanes of at least 4 members (excludes halogenated alkanes) is 27. The number of carbonyl (C=O) groups is 1. The molecule has 0 heterocycles. The molecule has 5 nitrogen and oxygen atoms in total. The van der Waals surface area contributed by atoms with E-state index >= 15 is 0 Å². The fourth-order valence-electron chi connectivity index (χ4n) is 6.51. The molecule has 0 aliphatic carbocycles. The molecule has 3 atom stereocenters. The Hall–Kier alpha value is -1.43. The van der Waals surface area contributed by atoms with Gasteiger partial charge < -0.3 is 20.6 Å². The second-order valence-electron chi connectivity index (χ2n) is 14.9. The van der Waals surface area contributed by atoms with Crippen molar-refractivity contribution < 1.29 is 20.1 Å². The highest BCUT2D eigenvalue weighted by molar-refractivity contribution is 5.80. The standard InChI is InChI=1S/C45H85NO4/c1-3-5-7-9-11-13-15-17-18-19-20-21-22-23-24-25-26-27-28-30-32-34-36-38-40-44(49)45(50)46-42(41-47)43(48)39-37-35-33-31-29-16-14-12-10-8-6-4-2/h20-21,23-24,37,39,42-44,47-49H,3-19,22,25-36,38,40-41H2,1-2H3,(H,46,50)/b21-20-,24-23-,39-37+. The van der Waals surface area contributed by atoms with Gasteiger partial charge in [0.2, 0.25) is 5.91 Å². The second kappa shape index (κ2) is 40.3. The molecule has 0 aromatic rings. The molecular formula is C45H85NO4. The molecule has 4 N–H and O–H groups in total. The lowest BCUT2D eigenvalue weighted by Gasteiger charge is -2.21. The van der Waals surface area contributed by atoms with E-state index in [1.54, 1.807) is 6.08 Å². The van der Waals surface area contributed by atoms with Crippen LogP contribution in [0.4, 0.5) is 0 Å². The minimum atomic E-state index is -1.10. The largest absolute Gasteiger partial charge is 0.394 e. The van der Waals surface area contributed by atoms with Crippen LogP contribution in [0, 0.1) is 0 Å². The molecule has 0 bridgehead atoms. The van der Waals surface area contributed by atoms with Crippen LogP contribution < -0.4 is 5.32 Å². The summed E-state index contributed by atoms with van der Waals surface area (Å²) in [5.74, 6) is -0.509. The topological polar surface area (TPSA) is 89.8 Å². The quantitative estimate of drug-likeness (QED) is 0.0379. The Labute approximate surface area is 311 Å². The van der Waals surface area contributed by atoms with Crippen LogP contribution in [0.2, 0.25) is 0 Å². The number of aliphatic hydroxyl groups is 3. The predicted octanol–water partition coefficient (Wildman–Crippen LogP) is 12.4. The third-order valence-electron chi connectivity index (χ3n) is 9.98. The Bertz CT molecular complexity index is 779. The van der Waals surface area contributed by atoms with Gasteiger partial charge in [0.15, 0.2) is 0 Å². The molecular weight excluding hydrogens is 618 g/mol. The van der Waals surface area contributed by atoms with Gasteiger partial charge >= 0.3 is 0 Å². The van der Waals surface area contributed by atoms with Crippen molar-refractivity contribution in [3.8, 4) is 0 Å². The van der Waals surface area contributed by atoms with Crippen LogP contribution in [0.1, 0.15) is 219 Å². The maximum atomic E-state index is 12.4. The summed E-state index contributed by atoms with van der Waals surface area (Å²) in [7, 11) is 0. The van der Waals surface area contributed by atoms with Crippen molar-refractivity contribution in [2.24, 2.45) is 0 Å². The zero-order valence-electron chi connectivity index (χ0n) is 33.3. The van der Waals surface area contributed by atoms with Crippen molar-refractivity contribution in [3.05, 3.63) is 36.5 Å². The van der Waals surface area contributed by atoms with E-state index in [4.69, 9.17) is 0 Å². The molecule has 0 aliphatic rings. The highest BCUT2D eigenvalue weighted by atomic mass is 16.3. The summed E-state index contributed by atoms with van der Waals surface area (Å²) in [4.78, 5) is 12.4. The zero-order valence-corrected chi connectivity index (χ0v) is 33.3. The average molecular weight is 704 g/mol. The van der Waals surface area contributed by atoms with Crippen LogP contribution in [0.5, 0.6) is 0 Å². The summed E-state index contributed by atoms with van der Waals surface area (Å²) in [6.45, 7) is 4.17. The van der Waals surface area contributed by atoms with Crippen molar-refractivity contribution in [2.75, 3.05) is 6.61 Å². The van der Waals surface area contributed by atoms with Crippen molar-refractivity contribution >= 4 is 5.91 Å². The van der Waals surface area contributed by atoms with Crippen molar-refractivity contribution in [1.29, 1.82) is 0 Å². The summed E-state index contributed by atoms with van der Waals surface area (Å²) in [5, 5.41) is 33.1. The zero-order chi connectivity index (χ0) is 36.6. The number of aliphatic hydroxyl groups excluding tert-OH is 3. The molecule has 50 heavy (non-hydrogen) atoms.